The molecule has 1 N–H and O–H groups in total. The zero-order valence-electron chi connectivity index (χ0n) is 17.4. The summed E-state index contributed by atoms with van der Waals surface area (Å²) in [7, 11) is -1.94. The Kier molecular flexibility index (Phi) is 6.14. The van der Waals surface area contributed by atoms with Gasteiger partial charge in [0.05, 0.1) is 10.4 Å². The first kappa shape index (κ1) is 21.5. The number of rotatable bonds is 5. The summed E-state index contributed by atoms with van der Waals surface area (Å²) in [6.07, 6.45) is 3.90. The number of sulfonamides is 1. The third-order valence-corrected chi connectivity index (χ3v) is 7.67. The van der Waals surface area contributed by atoms with Gasteiger partial charge in [-0.15, -0.1) is 0 Å². The molecule has 2 aromatic rings. The Labute approximate surface area is 171 Å². The van der Waals surface area contributed by atoms with E-state index in [1.807, 2.05) is 13.8 Å². The zero-order valence-corrected chi connectivity index (χ0v) is 18.3. The number of piperidine rings is 1. The van der Waals surface area contributed by atoms with Crippen molar-refractivity contribution >= 4 is 26.8 Å². The van der Waals surface area contributed by atoms with E-state index in [9.17, 15) is 18.0 Å². The summed E-state index contributed by atoms with van der Waals surface area (Å²) >= 11 is 0. The standard InChI is InChI=1S/C21H29N3O4S/c1-5-15(3)22-21(26)18-13-23(4)19-7-6-16(12-17(19)20(18)25)29(27,28)24-10-8-14(2)9-11-24/h6-7,12-15H,5,8-11H2,1-4H3,(H,22,26). The van der Waals surface area contributed by atoms with Crippen molar-refractivity contribution < 1.29 is 13.2 Å². The highest BCUT2D eigenvalue weighted by molar-refractivity contribution is 7.89. The van der Waals surface area contributed by atoms with Crippen molar-refractivity contribution in [2.45, 2.75) is 51.0 Å². The lowest BCUT2D eigenvalue weighted by molar-refractivity contribution is 0.0937. The molecule has 0 bridgehead atoms. The highest BCUT2D eigenvalue weighted by Crippen LogP contribution is 2.25. The SMILES string of the molecule is CCC(C)NC(=O)c1cn(C)c2ccc(S(=O)(=O)N3CCC(C)CC3)cc2c1=O. The fourth-order valence-corrected chi connectivity index (χ4v) is 5.07. The lowest BCUT2D eigenvalue weighted by Crippen LogP contribution is -2.38. The van der Waals surface area contributed by atoms with Crippen molar-refractivity contribution in [2.75, 3.05) is 13.1 Å². The van der Waals surface area contributed by atoms with Crippen molar-refractivity contribution in [3.63, 3.8) is 0 Å². The molecule has 1 aromatic heterocycles. The molecule has 1 aliphatic heterocycles. The molecule has 3 rings (SSSR count). The highest BCUT2D eigenvalue weighted by atomic mass is 32.2. The van der Waals surface area contributed by atoms with E-state index in [-0.39, 0.29) is 21.9 Å². The number of nitrogens with one attached hydrogen (secondary N) is 1. The Morgan fingerprint density at radius 1 is 1.28 bits per heavy atom. The van der Waals surface area contributed by atoms with Crippen LogP contribution in [0.15, 0.2) is 34.1 Å². The third kappa shape index (κ3) is 4.23. The minimum atomic E-state index is -3.68. The van der Waals surface area contributed by atoms with Gasteiger partial charge >= 0.3 is 0 Å². The third-order valence-electron chi connectivity index (χ3n) is 5.77. The maximum absolute atomic E-state index is 13.1. The predicted molar refractivity (Wildman–Crippen MR) is 114 cm³/mol. The van der Waals surface area contributed by atoms with E-state index in [1.165, 1.54) is 22.6 Å². The summed E-state index contributed by atoms with van der Waals surface area (Å²) in [4.78, 5) is 25.6. The number of amides is 1. The van der Waals surface area contributed by atoms with Crippen molar-refractivity contribution in [3.05, 3.63) is 40.2 Å². The maximum atomic E-state index is 13.1. The van der Waals surface area contributed by atoms with Crippen LogP contribution >= 0.6 is 0 Å². The summed E-state index contributed by atoms with van der Waals surface area (Å²) in [6, 6.07) is 4.52. The number of aromatic nitrogens is 1. The van der Waals surface area contributed by atoms with Crippen LogP contribution in [0.2, 0.25) is 0 Å². The summed E-state index contributed by atoms with van der Waals surface area (Å²) in [5.74, 6) is 0.0667. The van der Waals surface area contributed by atoms with Gasteiger partial charge in [0, 0.05) is 37.8 Å². The van der Waals surface area contributed by atoms with E-state index in [2.05, 4.69) is 12.2 Å². The average molecular weight is 420 g/mol. The minimum Gasteiger partial charge on any atom is -0.350 e. The smallest absolute Gasteiger partial charge is 0.256 e. The minimum absolute atomic E-state index is 0.0154. The highest BCUT2D eigenvalue weighted by Gasteiger charge is 2.28. The molecule has 1 aromatic carbocycles. The zero-order chi connectivity index (χ0) is 21.3. The molecule has 0 saturated carbocycles. The van der Waals surface area contributed by atoms with E-state index in [1.54, 1.807) is 17.7 Å². The second-order valence-corrected chi connectivity index (χ2v) is 9.97. The normalized spacial score (nSPS) is 17.4. The first-order valence-corrected chi connectivity index (χ1v) is 11.5. The fourth-order valence-electron chi connectivity index (χ4n) is 3.57. The number of benzene rings is 1. The first-order chi connectivity index (χ1) is 13.6. The molecule has 1 saturated heterocycles. The molecule has 8 heteroatoms. The number of hydrogen-bond acceptors (Lipinski definition) is 4. The molecule has 1 amide bonds. The molecule has 1 aliphatic rings. The molecule has 2 heterocycles. The topological polar surface area (TPSA) is 88.5 Å². The van der Waals surface area contributed by atoms with E-state index in [4.69, 9.17) is 0 Å². The Hall–Kier alpha value is -2.19. The van der Waals surface area contributed by atoms with Crippen LogP contribution in [-0.2, 0) is 17.1 Å². The van der Waals surface area contributed by atoms with Crippen molar-refractivity contribution in [2.24, 2.45) is 13.0 Å². The number of hydrogen-bond donors (Lipinski definition) is 1. The second kappa shape index (κ2) is 8.28. The van der Waals surface area contributed by atoms with Crippen LogP contribution in [0.3, 0.4) is 0 Å². The predicted octanol–water partition coefficient (Wildman–Crippen LogP) is 2.49. The molecule has 7 nitrogen and oxygen atoms in total. The number of nitrogens with zero attached hydrogens (tertiary/aromatic N) is 2. The van der Waals surface area contributed by atoms with Crippen LogP contribution in [0, 0.1) is 5.92 Å². The molecular weight excluding hydrogens is 390 g/mol. The van der Waals surface area contributed by atoms with E-state index in [0.717, 1.165) is 19.3 Å². The average Bonchev–Trinajstić information content (AvgIpc) is 2.70. The van der Waals surface area contributed by atoms with E-state index in [0.29, 0.717) is 24.5 Å². The van der Waals surface area contributed by atoms with Gasteiger partial charge in [-0.3, -0.25) is 9.59 Å². The van der Waals surface area contributed by atoms with Crippen molar-refractivity contribution in [3.8, 4) is 0 Å². The van der Waals surface area contributed by atoms with Crippen LogP contribution in [0.1, 0.15) is 50.4 Å². The van der Waals surface area contributed by atoms with E-state index < -0.39 is 21.4 Å². The van der Waals surface area contributed by atoms with Crippen LogP contribution in [0.25, 0.3) is 10.9 Å². The number of carbonyl (C=O) groups excluding carboxylic acids is 1. The van der Waals surface area contributed by atoms with Gasteiger partial charge in [0.2, 0.25) is 15.5 Å². The summed E-state index contributed by atoms with van der Waals surface area (Å²) in [6.45, 7) is 6.90. The van der Waals surface area contributed by atoms with Crippen LogP contribution in [-0.4, -0.2) is 42.3 Å². The lowest BCUT2D eigenvalue weighted by atomic mass is 10.0. The molecule has 158 valence electrons. The lowest BCUT2D eigenvalue weighted by Gasteiger charge is -2.29. The number of pyridine rings is 1. The summed E-state index contributed by atoms with van der Waals surface area (Å²) < 4.78 is 29.3. The van der Waals surface area contributed by atoms with Gasteiger partial charge in [0.1, 0.15) is 5.56 Å². The summed E-state index contributed by atoms with van der Waals surface area (Å²) in [5, 5.41) is 3.03. The Bertz CT molecular complexity index is 1080. The van der Waals surface area contributed by atoms with Gasteiger partial charge in [-0.25, -0.2) is 8.42 Å². The molecular formula is C21H29N3O4S. The molecule has 0 spiro atoms. The maximum Gasteiger partial charge on any atom is 0.256 e. The van der Waals surface area contributed by atoms with Gasteiger partial charge in [0.25, 0.3) is 5.91 Å². The van der Waals surface area contributed by atoms with Crippen LogP contribution in [0.5, 0.6) is 0 Å². The molecule has 1 atom stereocenters. The monoisotopic (exact) mass is 419 g/mol. The second-order valence-electron chi connectivity index (χ2n) is 8.03. The van der Waals surface area contributed by atoms with Crippen LogP contribution in [0.4, 0.5) is 0 Å². The summed E-state index contributed by atoms with van der Waals surface area (Å²) in [5.41, 5.74) is 0.145. The Balaban J connectivity index is 2.06. The molecule has 1 unspecified atom stereocenters. The molecule has 0 aliphatic carbocycles. The van der Waals surface area contributed by atoms with Gasteiger partial charge < -0.3 is 9.88 Å². The van der Waals surface area contributed by atoms with Gasteiger partial charge in [-0.1, -0.05) is 13.8 Å². The Morgan fingerprint density at radius 2 is 1.93 bits per heavy atom. The number of aryl methyl sites for hydroxylation is 1. The Morgan fingerprint density at radius 3 is 2.55 bits per heavy atom. The molecule has 1 fully saturated rings. The number of carbonyl (C=O) groups is 1. The van der Waals surface area contributed by atoms with E-state index >= 15 is 0 Å². The fraction of sp³-hybridized carbons (Fsp3) is 0.524. The molecule has 0 radical (unpaired) electrons. The van der Waals surface area contributed by atoms with Gasteiger partial charge in [-0.2, -0.15) is 4.31 Å². The quantitative estimate of drug-likeness (QED) is 0.806. The number of fused-ring (bicyclic) bond motifs is 1. The van der Waals surface area contributed by atoms with Gasteiger partial charge in [-0.05, 0) is 50.3 Å². The van der Waals surface area contributed by atoms with Crippen molar-refractivity contribution in [1.82, 2.24) is 14.2 Å². The molecule has 29 heavy (non-hydrogen) atoms. The van der Waals surface area contributed by atoms with Crippen LogP contribution < -0.4 is 10.7 Å². The first-order valence-electron chi connectivity index (χ1n) is 10.1. The van der Waals surface area contributed by atoms with Crippen molar-refractivity contribution in [1.29, 1.82) is 0 Å². The van der Waals surface area contributed by atoms with Gasteiger partial charge in [0.15, 0.2) is 0 Å². The largest absolute Gasteiger partial charge is 0.350 e.